The van der Waals surface area contributed by atoms with E-state index in [4.69, 9.17) is 0 Å². The lowest BCUT2D eigenvalue weighted by atomic mass is 10.1. The van der Waals surface area contributed by atoms with Gasteiger partial charge in [-0.25, -0.2) is 0 Å². The van der Waals surface area contributed by atoms with E-state index < -0.39 is 0 Å². The molecule has 0 N–H and O–H groups in total. The third-order valence-corrected chi connectivity index (χ3v) is 4.39. The predicted molar refractivity (Wildman–Crippen MR) is 111 cm³/mol. The Balaban J connectivity index is 1.61. The highest BCUT2D eigenvalue weighted by molar-refractivity contribution is 5.84. The van der Waals surface area contributed by atoms with Gasteiger partial charge in [-0.05, 0) is 36.1 Å². The Morgan fingerprint density at radius 2 is 0.885 bits per heavy atom. The first-order chi connectivity index (χ1) is 12.7. The highest BCUT2D eigenvalue weighted by atomic mass is 14.8. The van der Waals surface area contributed by atoms with Gasteiger partial charge in [-0.15, -0.1) is 0 Å². The van der Waals surface area contributed by atoms with E-state index in [1.165, 1.54) is 11.1 Å². The van der Waals surface area contributed by atoms with E-state index in [9.17, 15) is 0 Å². The smallest absolute Gasteiger partial charge is 0.0721 e. The van der Waals surface area contributed by atoms with Crippen LogP contribution >= 0.6 is 0 Å². The highest BCUT2D eigenvalue weighted by Crippen LogP contribution is 2.17. The van der Waals surface area contributed by atoms with Gasteiger partial charge in [0.25, 0.3) is 0 Å². The molecule has 2 heteroatoms. The fourth-order valence-corrected chi connectivity index (χ4v) is 2.70. The average molecular weight is 340 g/mol. The van der Waals surface area contributed by atoms with Crippen LogP contribution < -0.4 is 0 Å². The molecule has 0 saturated carbocycles. The maximum atomic E-state index is 4.65. The molecule has 0 saturated heterocycles. The zero-order chi connectivity index (χ0) is 18.2. The predicted octanol–water partition coefficient (Wildman–Crippen LogP) is 6.05. The zero-order valence-corrected chi connectivity index (χ0v) is 15.3. The Bertz CT molecular complexity index is 775. The van der Waals surface area contributed by atoms with E-state index in [0.29, 0.717) is 0 Å². The topological polar surface area (TPSA) is 24.7 Å². The zero-order valence-electron chi connectivity index (χ0n) is 15.3. The van der Waals surface area contributed by atoms with Crippen LogP contribution in [-0.2, 0) is 0 Å². The standard InChI is InChI=1S/C24H24N2/c1-19(23-9-5-3-6-10-23)25-17-21-13-15-22(16-14-21)18-26-20(2)24-11-7-4-8-12-24/h3-20H,1-2H3/t19-,20+. The van der Waals surface area contributed by atoms with Gasteiger partial charge in [0.15, 0.2) is 0 Å². The summed E-state index contributed by atoms with van der Waals surface area (Å²) in [5, 5.41) is 0. The van der Waals surface area contributed by atoms with Crippen molar-refractivity contribution in [2.45, 2.75) is 25.9 Å². The van der Waals surface area contributed by atoms with Crippen LogP contribution in [0.25, 0.3) is 0 Å². The summed E-state index contributed by atoms with van der Waals surface area (Å²) in [7, 11) is 0. The van der Waals surface area contributed by atoms with E-state index >= 15 is 0 Å². The van der Waals surface area contributed by atoms with Crippen LogP contribution in [0.15, 0.2) is 94.9 Å². The van der Waals surface area contributed by atoms with Gasteiger partial charge in [-0.2, -0.15) is 0 Å². The molecule has 26 heavy (non-hydrogen) atoms. The molecule has 3 aromatic rings. The fourth-order valence-electron chi connectivity index (χ4n) is 2.70. The molecule has 0 amide bonds. The summed E-state index contributed by atoms with van der Waals surface area (Å²) in [4.78, 5) is 9.30. The average Bonchev–Trinajstić information content (AvgIpc) is 2.72. The summed E-state index contributed by atoms with van der Waals surface area (Å²) >= 11 is 0. The van der Waals surface area contributed by atoms with E-state index in [1.54, 1.807) is 0 Å². The lowest BCUT2D eigenvalue weighted by Crippen LogP contribution is -1.92. The maximum absolute atomic E-state index is 4.65. The molecular formula is C24H24N2. The molecule has 0 aromatic heterocycles. The Hall–Kier alpha value is -3.00. The van der Waals surface area contributed by atoms with Crippen LogP contribution in [0.3, 0.4) is 0 Å². The molecule has 0 unspecified atom stereocenters. The van der Waals surface area contributed by atoms with Crippen molar-refractivity contribution >= 4 is 12.4 Å². The van der Waals surface area contributed by atoms with Gasteiger partial charge in [-0.1, -0.05) is 84.9 Å². The molecule has 0 aliphatic heterocycles. The van der Waals surface area contributed by atoms with Crippen molar-refractivity contribution in [3.05, 3.63) is 107 Å². The quantitative estimate of drug-likeness (QED) is 0.488. The molecule has 2 nitrogen and oxygen atoms in total. The van der Waals surface area contributed by atoms with Crippen molar-refractivity contribution in [2.75, 3.05) is 0 Å². The van der Waals surface area contributed by atoms with Crippen molar-refractivity contribution in [2.24, 2.45) is 9.98 Å². The van der Waals surface area contributed by atoms with Crippen molar-refractivity contribution < 1.29 is 0 Å². The Labute approximate surface area is 156 Å². The molecular weight excluding hydrogens is 316 g/mol. The third-order valence-electron chi connectivity index (χ3n) is 4.39. The Kier molecular flexibility index (Phi) is 6.10. The van der Waals surface area contributed by atoms with Crippen molar-refractivity contribution in [1.29, 1.82) is 0 Å². The van der Waals surface area contributed by atoms with Crippen molar-refractivity contribution in [3.8, 4) is 0 Å². The second kappa shape index (κ2) is 8.91. The molecule has 3 aromatic carbocycles. The first-order valence-electron chi connectivity index (χ1n) is 8.98. The number of hydrogen-bond acceptors (Lipinski definition) is 2. The number of hydrogen-bond donors (Lipinski definition) is 0. The molecule has 0 fully saturated rings. The van der Waals surface area contributed by atoms with E-state index in [2.05, 4.69) is 72.4 Å². The van der Waals surface area contributed by atoms with Gasteiger partial charge in [-0.3, -0.25) is 9.98 Å². The molecule has 0 bridgehead atoms. The normalized spacial score (nSPS) is 13.9. The molecule has 0 radical (unpaired) electrons. The summed E-state index contributed by atoms with van der Waals surface area (Å²) < 4.78 is 0. The van der Waals surface area contributed by atoms with Crippen LogP contribution in [0.4, 0.5) is 0 Å². The second-order valence-corrected chi connectivity index (χ2v) is 6.40. The van der Waals surface area contributed by atoms with Gasteiger partial charge in [0.1, 0.15) is 0 Å². The Morgan fingerprint density at radius 1 is 0.538 bits per heavy atom. The van der Waals surface area contributed by atoms with Crippen LogP contribution in [0.2, 0.25) is 0 Å². The van der Waals surface area contributed by atoms with Crippen LogP contribution in [0.5, 0.6) is 0 Å². The first kappa shape index (κ1) is 17.8. The number of aliphatic imine (C=N–C) groups is 2. The van der Waals surface area contributed by atoms with Gasteiger partial charge >= 0.3 is 0 Å². The van der Waals surface area contributed by atoms with E-state index in [1.807, 2.05) is 48.8 Å². The SMILES string of the molecule is C[C@H](N=Cc1ccc(C=N[C@H](C)c2ccccc2)cc1)c1ccccc1. The minimum atomic E-state index is 0.157. The molecule has 0 spiro atoms. The first-order valence-corrected chi connectivity index (χ1v) is 8.98. The Morgan fingerprint density at radius 3 is 1.23 bits per heavy atom. The van der Waals surface area contributed by atoms with Crippen LogP contribution in [-0.4, -0.2) is 12.4 Å². The van der Waals surface area contributed by atoms with Crippen LogP contribution in [0.1, 0.15) is 48.2 Å². The number of benzene rings is 3. The number of rotatable bonds is 6. The summed E-state index contributed by atoms with van der Waals surface area (Å²) in [6.45, 7) is 4.22. The minimum Gasteiger partial charge on any atom is -0.285 e. The maximum Gasteiger partial charge on any atom is 0.0721 e. The van der Waals surface area contributed by atoms with Crippen LogP contribution in [0, 0.1) is 0 Å². The minimum absolute atomic E-state index is 0.157. The molecule has 0 aliphatic rings. The van der Waals surface area contributed by atoms with Crippen molar-refractivity contribution in [3.63, 3.8) is 0 Å². The van der Waals surface area contributed by atoms with Gasteiger partial charge in [0.2, 0.25) is 0 Å². The second-order valence-electron chi connectivity index (χ2n) is 6.40. The largest absolute Gasteiger partial charge is 0.285 e. The molecule has 0 heterocycles. The molecule has 3 rings (SSSR count). The van der Waals surface area contributed by atoms with E-state index in [0.717, 1.165) is 11.1 Å². The lowest BCUT2D eigenvalue weighted by Gasteiger charge is -2.06. The van der Waals surface area contributed by atoms with E-state index in [-0.39, 0.29) is 12.1 Å². The molecule has 2 atom stereocenters. The third kappa shape index (κ3) is 5.00. The number of nitrogens with zero attached hydrogens (tertiary/aromatic N) is 2. The highest BCUT2D eigenvalue weighted by Gasteiger charge is 2.01. The summed E-state index contributed by atoms with van der Waals surface area (Å²) in [6, 6.07) is 29.3. The van der Waals surface area contributed by atoms with Gasteiger partial charge in [0, 0.05) is 12.4 Å². The molecule has 130 valence electrons. The summed E-state index contributed by atoms with van der Waals surface area (Å²) in [5.41, 5.74) is 4.65. The summed E-state index contributed by atoms with van der Waals surface area (Å²) in [6.07, 6.45) is 3.87. The van der Waals surface area contributed by atoms with Gasteiger partial charge in [0.05, 0.1) is 12.1 Å². The van der Waals surface area contributed by atoms with Gasteiger partial charge < -0.3 is 0 Å². The monoisotopic (exact) mass is 340 g/mol. The lowest BCUT2D eigenvalue weighted by molar-refractivity contribution is 0.825. The summed E-state index contributed by atoms with van der Waals surface area (Å²) in [5.74, 6) is 0. The molecule has 0 aliphatic carbocycles. The van der Waals surface area contributed by atoms with Crippen molar-refractivity contribution in [1.82, 2.24) is 0 Å². The fraction of sp³-hybridized carbons (Fsp3) is 0.167.